The molecule has 33 heavy (non-hydrogen) atoms. The van der Waals surface area contributed by atoms with Crippen LogP contribution in [0.3, 0.4) is 0 Å². The zero-order chi connectivity index (χ0) is 23.4. The van der Waals surface area contributed by atoms with Gasteiger partial charge in [0, 0.05) is 29.3 Å². The first kappa shape index (κ1) is 23.4. The van der Waals surface area contributed by atoms with Crippen LogP contribution in [0.25, 0.3) is 0 Å². The average Bonchev–Trinajstić information content (AvgIpc) is 3.37. The largest absolute Gasteiger partial charge is 0.378 e. The molecule has 4 aromatic rings. The fourth-order valence-corrected chi connectivity index (χ4v) is 5.06. The minimum Gasteiger partial charge on any atom is -0.378 e. The number of ether oxygens (including phenoxy) is 1. The second-order valence-corrected chi connectivity index (χ2v) is 9.74. The number of methoxy groups -OCH3 is 1. The molecule has 0 spiro atoms. The maximum atomic E-state index is 13.3. The number of anilines is 1. The number of carbonyl (C=O) groups excluding carboxylic acids is 1. The van der Waals surface area contributed by atoms with E-state index in [9.17, 15) is 9.18 Å². The summed E-state index contributed by atoms with van der Waals surface area (Å²) in [6, 6.07) is 9.71. The Hall–Kier alpha value is -2.80. The molecule has 12 heteroatoms. The molecule has 3 heterocycles. The number of halogens is 1. The lowest BCUT2D eigenvalue weighted by Gasteiger charge is -2.10. The molecular weight excluding hydrogens is 483 g/mol. The molecule has 0 aliphatic carbocycles. The highest BCUT2D eigenvalue weighted by Gasteiger charge is 2.19. The monoisotopic (exact) mass is 502 g/mol. The van der Waals surface area contributed by atoms with Gasteiger partial charge in [0.25, 0.3) is 5.91 Å². The van der Waals surface area contributed by atoms with Crippen LogP contribution in [-0.4, -0.2) is 37.7 Å². The Morgan fingerprint density at radius 2 is 1.94 bits per heavy atom. The van der Waals surface area contributed by atoms with Crippen molar-refractivity contribution in [3.8, 4) is 0 Å². The van der Waals surface area contributed by atoms with Crippen molar-refractivity contribution in [2.24, 2.45) is 7.05 Å². The minimum atomic E-state index is -0.394. The minimum absolute atomic E-state index is 0.233. The van der Waals surface area contributed by atoms with Gasteiger partial charge in [-0.25, -0.2) is 14.4 Å². The van der Waals surface area contributed by atoms with E-state index in [1.54, 1.807) is 19.2 Å². The number of aryl methyl sites for hydroxylation is 1. The molecule has 0 fully saturated rings. The van der Waals surface area contributed by atoms with Gasteiger partial charge in [0.2, 0.25) is 0 Å². The summed E-state index contributed by atoms with van der Waals surface area (Å²) in [5.74, 6) is 0.0564. The molecule has 8 nitrogen and oxygen atoms in total. The number of hydrogen-bond acceptors (Lipinski definition) is 9. The average molecular weight is 503 g/mol. The zero-order valence-electron chi connectivity index (χ0n) is 17.9. The second kappa shape index (κ2) is 10.4. The van der Waals surface area contributed by atoms with E-state index in [1.807, 2.05) is 36.1 Å². The van der Waals surface area contributed by atoms with Gasteiger partial charge in [0.05, 0.1) is 12.3 Å². The van der Waals surface area contributed by atoms with E-state index in [1.165, 1.54) is 47.0 Å². The van der Waals surface area contributed by atoms with Gasteiger partial charge < -0.3 is 9.30 Å². The van der Waals surface area contributed by atoms with Gasteiger partial charge in [-0.3, -0.25) is 10.1 Å². The van der Waals surface area contributed by atoms with Gasteiger partial charge in [0.15, 0.2) is 10.3 Å². The van der Waals surface area contributed by atoms with Crippen LogP contribution in [0.1, 0.15) is 22.0 Å². The van der Waals surface area contributed by atoms with Gasteiger partial charge in [-0.1, -0.05) is 11.8 Å². The third-order valence-electron chi connectivity index (χ3n) is 4.40. The van der Waals surface area contributed by atoms with Crippen molar-refractivity contribution >= 4 is 45.9 Å². The molecular formula is C21H19FN6O2S3. The quantitative estimate of drug-likeness (QED) is 0.367. The molecule has 0 saturated carbocycles. The number of carbonyl (C=O) groups is 1. The summed E-state index contributed by atoms with van der Waals surface area (Å²) in [6.07, 6.45) is 0. The fourth-order valence-electron chi connectivity index (χ4n) is 2.66. The number of nitrogens with one attached hydrogen (secondary N) is 1. The number of pyridine rings is 1. The predicted molar refractivity (Wildman–Crippen MR) is 125 cm³/mol. The molecule has 1 amide bonds. The van der Waals surface area contributed by atoms with Crippen LogP contribution in [0.5, 0.6) is 0 Å². The van der Waals surface area contributed by atoms with Crippen LogP contribution in [0, 0.1) is 12.7 Å². The van der Waals surface area contributed by atoms with Gasteiger partial charge in [0.1, 0.15) is 22.4 Å². The van der Waals surface area contributed by atoms with E-state index in [0.717, 1.165) is 16.4 Å². The summed E-state index contributed by atoms with van der Waals surface area (Å²) in [5, 5.41) is 14.5. The van der Waals surface area contributed by atoms with Crippen LogP contribution < -0.4 is 5.32 Å². The molecule has 0 unspecified atom stereocenters. The van der Waals surface area contributed by atoms with Crippen LogP contribution in [0.15, 0.2) is 61.8 Å². The predicted octanol–water partition coefficient (Wildman–Crippen LogP) is 4.82. The first-order valence-corrected chi connectivity index (χ1v) is 12.2. The van der Waals surface area contributed by atoms with Gasteiger partial charge in [-0.2, -0.15) is 0 Å². The van der Waals surface area contributed by atoms with Crippen molar-refractivity contribution in [2.75, 3.05) is 12.4 Å². The number of nitrogens with zero attached hydrogens (tertiary/aromatic N) is 5. The Morgan fingerprint density at radius 3 is 2.64 bits per heavy atom. The number of amides is 1. The Bertz CT molecular complexity index is 1280. The molecule has 4 rings (SSSR count). The van der Waals surface area contributed by atoms with Crippen LogP contribution in [-0.2, 0) is 18.4 Å². The summed E-state index contributed by atoms with van der Waals surface area (Å²) in [7, 11) is 3.45. The van der Waals surface area contributed by atoms with Crippen molar-refractivity contribution in [2.45, 2.75) is 33.5 Å². The number of aromatic nitrogens is 5. The molecule has 0 saturated heterocycles. The van der Waals surface area contributed by atoms with E-state index in [0.29, 0.717) is 26.8 Å². The molecule has 0 radical (unpaired) electrons. The number of benzene rings is 1. The SMILES string of the molecule is COCc1csc(NC(=O)c2nc(Sc3nnc(C)n3C)ccc2Sc2ccc(F)cc2)n1. The first-order chi connectivity index (χ1) is 15.9. The van der Waals surface area contributed by atoms with Gasteiger partial charge >= 0.3 is 0 Å². The van der Waals surface area contributed by atoms with E-state index >= 15 is 0 Å². The lowest BCUT2D eigenvalue weighted by molar-refractivity contribution is 0.101. The van der Waals surface area contributed by atoms with Gasteiger partial charge in [-0.05, 0) is 55.1 Å². The highest BCUT2D eigenvalue weighted by atomic mass is 32.2. The zero-order valence-corrected chi connectivity index (χ0v) is 20.4. The van der Waals surface area contributed by atoms with Crippen LogP contribution in [0.2, 0.25) is 0 Å². The Morgan fingerprint density at radius 1 is 1.15 bits per heavy atom. The van der Waals surface area contributed by atoms with E-state index in [-0.39, 0.29) is 11.5 Å². The third kappa shape index (κ3) is 5.77. The molecule has 3 aromatic heterocycles. The third-order valence-corrected chi connectivity index (χ3v) is 7.24. The summed E-state index contributed by atoms with van der Waals surface area (Å²) in [6.45, 7) is 2.22. The lowest BCUT2D eigenvalue weighted by Crippen LogP contribution is -2.15. The molecule has 0 atom stereocenters. The molecule has 0 bridgehead atoms. The van der Waals surface area contributed by atoms with Gasteiger partial charge in [-0.15, -0.1) is 21.5 Å². The molecule has 0 aliphatic rings. The van der Waals surface area contributed by atoms with Crippen molar-refractivity contribution in [3.05, 3.63) is 64.8 Å². The maximum absolute atomic E-state index is 13.3. The maximum Gasteiger partial charge on any atom is 0.277 e. The summed E-state index contributed by atoms with van der Waals surface area (Å²) < 4.78 is 20.2. The topological polar surface area (TPSA) is 94.8 Å². The molecule has 1 N–H and O–H groups in total. The highest BCUT2D eigenvalue weighted by Crippen LogP contribution is 2.33. The summed E-state index contributed by atoms with van der Waals surface area (Å²) >= 11 is 3.95. The normalized spacial score (nSPS) is 11.0. The molecule has 170 valence electrons. The number of hydrogen-bond donors (Lipinski definition) is 1. The Kier molecular flexibility index (Phi) is 7.38. The Balaban J connectivity index is 1.63. The lowest BCUT2D eigenvalue weighted by atomic mass is 10.3. The highest BCUT2D eigenvalue weighted by molar-refractivity contribution is 7.99. The number of thiazole rings is 1. The van der Waals surface area contributed by atoms with E-state index in [4.69, 9.17) is 4.74 Å². The van der Waals surface area contributed by atoms with Crippen molar-refractivity contribution in [1.29, 1.82) is 0 Å². The first-order valence-electron chi connectivity index (χ1n) is 9.66. The molecule has 1 aromatic carbocycles. The van der Waals surface area contributed by atoms with E-state index in [2.05, 4.69) is 25.5 Å². The fraction of sp³-hybridized carbons (Fsp3) is 0.190. The second-order valence-electron chi connectivity index (χ2n) is 6.77. The van der Waals surface area contributed by atoms with Crippen LogP contribution in [0.4, 0.5) is 9.52 Å². The summed E-state index contributed by atoms with van der Waals surface area (Å²) in [4.78, 5) is 23.5. The van der Waals surface area contributed by atoms with Crippen molar-refractivity contribution < 1.29 is 13.9 Å². The standard InChI is InChI=1S/C21H19FN6O2S3/c1-12-26-27-21(28(12)2)33-17-9-8-16(32-15-6-4-13(22)5-7-15)18(24-17)19(29)25-20-23-14(10-30-3)11-31-20/h4-9,11H,10H2,1-3H3,(H,23,25,29). The Labute approximate surface area is 202 Å². The molecule has 0 aliphatic heterocycles. The van der Waals surface area contributed by atoms with E-state index < -0.39 is 5.91 Å². The van der Waals surface area contributed by atoms with Crippen LogP contribution >= 0.6 is 34.9 Å². The summed E-state index contributed by atoms with van der Waals surface area (Å²) in [5.41, 5.74) is 0.963. The van der Waals surface area contributed by atoms with Crippen molar-refractivity contribution in [3.63, 3.8) is 0 Å². The smallest absolute Gasteiger partial charge is 0.277 e. The number of rotatable bonds is 8. The van der Waals surface area contributed by atoms with Crippen molar-refractivity contribution in [1.82, 2.24) is 24.7 Å².